The summed E-state index contributed by atoms with van der Waals surface area (Å²) in [6.07, 6.45) is 1.02. The lowest BCUT2D eigenvalue weighted by Crippen LogP contribution is -2.19. The van der Waals surface area contributed by atoms with Gasteiger partial charge >= 0.3 is 5.97 Å². The summed E-state index contributed by atoms with van der Waals surface area (Å²) >= 11 is 0. The van der Waals surface area contributed by atoms with Crippen molar-refractivity contribution >= 4 is 16.1 Å². The number of hydrogen-bond donors (Lipinski definition) is 3. The van der Waals surface area contributed by atoms with Gasteiger partial charge in [-0.2, -0.15) is 8.42 Å². The summed E-state index contributed by atoms with van der Waals surface area (Å²) in [7, 11) is -0.767. The molecule has 0 heterocycles. The van der Waals surface area contributed by atoms with E-state index in [1.807, 2.05) is 19.0 Å². The van der Waals surface area contributed by atoms with Gasteiger partial charge in [0.25, 0.3) is 10.1 Å². The summed E-state index contributed by atoms with van der Waals surface area (Å²) in [6, 6.07) is 0. The number of rotatable bonds is 9. The molecule has 8 heteroatoms. The molecule has 0 atom stereocenters. The topological polar surface area (TPSA) is 115 Å². The van der Waals surface area contributed by atoms with Gasteiger partial charge in [0.2, 0.25) is 0 Å². The van der Waals surface area contributed by atoms with E-state index in [2.05, 4.69) is 0 Å². The van der Waals surface area contributed by atoms with Gasteiger partial charge in [0, 0.05) is 13.2 Å². The molecule has 0 fully saturated rings. The lowest BCUT2D eigenvalue weighted by Gasteiger charge is -2.15. The largest absolute Gasteiger partial charge is 0.478 e. The molecule has 112 valence electrons. The van der Waals surface area contributed by atoms with Gasteiger partial charge in [-0.25, -0.2) is 4.79 Å². The summed E-state index contributed by atoms with van der Waals surface area (Å²) in [5.41, 5.74) is 0.130. The zero-order valence-electron chi connectivity index (χ0n) is 11.2. The van der Waals surface area contributed by atoms with Crippen LogP contribution in [0.25, 0.3) is 0 Å². The Balaban J connectivity index is 5.24. The van der Waals surface area contributed by atoms with Gasteiger partial charge in [-0.05, 0) is 33.4 Å². The highest BCUT2D eigenvalue weighted by molar-refractivity contribution is 7.86. The van der Waals surface area contributed by atoms with Gasteiger partial charge in [-0.3, -0.25) is 4.55 Å². The minimum atomic E-state index is -4.39. The van der Waals surface area contributed by atoms with Crippen LogP contribution in [0.2, 0.25) is 0 Å². The van der Waals surface area contributed by atoms with E-state index in [4.69, 9.17) is 14.8 Å². The molecule has 0 saturated heterocycles. The molecule has 19 heavy (non-hydrogen) atoms. The summed E-state index contributed by atoms with van der Waals surface area (Å²) in [5, 5.41) is 17.9. The first-order valence-electron chi connectivity index (χ1n) is 5.82. The highest BCUT2D eigenvalue weighted by Crippen LogP contribution is 2.18. The fraction of sp³-hybridized carbons (Fsp3) is 0.727. The number of aliphatic hydroxyl groups is 1. The number of nitrogens with zero attached hydrogens (tertiary/aromatic N) is 1. The Bertz CT molecular complexity index is 426. The van der Waals surface area contributed by atoms with Crippen LogP contribution < -0.4 is 0 Å². The van der Waals surface area contributed by atoms with E-state index in [0.29, 0.717) is 31.4 Å². The normalized spacial score (nSPS) is 13.5. The molecule has 0 aliphatic rings. The van der Waals surface area contributed by atoms with Crippen LogP contribution in [0.1, 0.15) is 19.3 Å². The Morgan fingerprint density at radius 1 is 1.21 bits per heavy atom. The van der Waals surface area contributed by atoms with E-state index in [9.17, 15) is 13.2 Å². The highest BCUT2D eigenvalue weighted by Gasteiger charge is 2.20. The van der Waals surface area contributed by atoms with Crippen molar-refractivity contribution in [2.24, 2.45) is 0 Å². The van der Waals surface area contributed by atoms with Crippen molar-refractivity contribution in [1.29, 1.82) is 0 Å². The monoisotopic (exact) mass is 295 g/mol. The third-order valence-corrected chi connectivity index (χ3v) is 3.16. The average molecular weight is 295 g/mol. The summed E-state index contributed by atoms with van der Waals surface area (Å²) < 4.78 is 30.5. The first kappa shape index (κ1) is 18.0. The van der Waals surface area contributed by atoms with Crippen LogP contribution in [0.5, 0.6) is 0 Å². The Kier molecular flexibility index (Phi) is 7.84. The molecule has 3 N–H and O–H groups in total. The summed E-state index contributed by atoms with van der Waals surface area (Å²) in [6.45, 7) is 0.452. The van der Waals surface area contributed by atoms with Crippen molar-refractivity contribution < 1.29 is 28.0 Å². The fourth-order valence-electron chi connectivity index (χ4n) is 1.58. The molecule has 0 aromatic carbocycles. The third kappa shape index (κ3) is 8.71. The molecule has 0 bridgehead atoms. The van der Waals surface area contributed by atoms with Gasteiger partial charge < -0.3 is 15.1 Å². The molecule has 0 aliphatic carbocycles. The van der Waals surface area contributed by atoms with Crippen LogP contribution in [-0.2, 0) is 14.9 Å². The van der Waals surface area contributed by atoms with Crippen molar-refractivity contribution in [3.05, 3.63) is 11.1 Å². The molecule has 0 radical (unpaired) electrons. The number of hydrogen-bond acceptors (Lipinski definition) is 5. The first-order chi connectivity index (χ1) is 8.67. The van der Waals surface area contributed by atoms with E-state index in [0.717, 1.165) is 0 Å². The molecule has 0 amide bonds. The van der Waals surface area contributed by atoms with Crippen molar-refractivity contribution in [3.63, 3.8) is 0 Å². The predicted molar refractivity (Wildman–Crippen MR) is 70.6 cm³/mol. The summed E-state index contributed by atoms with van der Waals surface area (Å²) in [5.74, 6) is -2.26. The van der Waals surface area contributed by atoms with Crippen LogP contribution in [0.3, 0.4) is 0 Å². The van der Waals surface area contributed by atoms with E-state index >= 15 is 0 Å². The average Bonchev–Trinajstić information content (AvgIpc) is 2.25. The zero-order valence-corrected chi connectivity index (χ0v) is 12.0. The van der Waals surface area contributed by atoms with Crippen LogP contribution in [0.15, 0.2) is 11.1 Å². The Labute approximate surface area is 113 Å². The van der Waals surface area contributed by atoms with Crippen LogP contribution in [-0.4, -0.2) is 67.1 Å². The standard InChI is InChI=1S/C11H21NO6S/c1-12(2)6-5-9(4-3-7-13)10(11(14)15)8-19(16,17)18/h13H,3-8H2,1-2H3,(H,14,15)(H,16,17,18). The minimum Gasteiger partial charge on any atom is -0.478 e. The quantitative estimate of drug-likeness (QED) is 0.404. The van der Waals surface area contributed by atoms with Crippen molar-refractivity contribution in [2.45, 2.75) is 19.3 Å². The Morgan fingerprint density at radius 2 is 1.79 bits per heavy atom. The second-order valence-electron chi connectivity index (χ2n) is 4.49. The Hall–Kier alpha value is -0.960. The number of carboxylic acids is 1. The predicted octanol–water partition coefficient (Wildman–Crippen LogP) is -0.0204. The molecule has 0 unspecified atom stereocenters. The lowest BCUT2D eigenvalue weighted by molar-refractivity contribution is -0.132. The van der Waals surface area contributed by atoms with Crippen LogP contribution >= 0.6 is 0 Å². The molecule has 0 spiro atoms. The lowest BCUT2D eigenvalue weighted by atomic mass is 10.0. The molecular formula is C11H21NO6S. The zero-order chi connectivity index (χ0) is 15.1. The maximum absolute atomic E-state index is 11.1. The van der Waals surface area contributed by atoms with Crippen LogP contribution in [0, 0.1) is 0 Å². The molecule has 0 saturated carbocycles. The maximum atomic E-state index is 11.1. The summed E-state index contributed by atoms with van der Waals surface area (Å²) in [4.78, 5) is 13.0. The SMILES string of the molecule is CN(C)CCC(CCCO)=C(CS(=O)(=O)O)C(=O)O. The molecule has 0 aromatic heterocycles. The van der Waals surface area contributed by atoms with Crippen LogP contribution in [0.4, 0.5) is 0 Å². The number of aliphatic hydroxyl groups excluding tert-OH is 1. The molecule has 0 aliphatic heterocycles. The minimum absolute atomic E-state index is 0.107. The van der Waals surface area contributed by atoms with E-state index in [1.54, 1.807) is 0 Å². The van der Waals surface area contributed by atoms with Gasteiger partial charge in [-0.1, -0.05) is 5.57 Å². The molecular weight excluding hydrogens is 274 g/mol. The van der Waals surface area contributed by atoms with Gasteiger partial charge in [-0.15, -0.1) is 0 Å². The van der Waals surface area contributed by atoms with Crippen molar-refractivity contribution in [2.75, 3.05) is 33.0 Å². The smallest absolute Gasteiger partial charge is 0.332 e. The van der Waals surface area contributed by atoms with Gasteiger partial charge in [0.05, 0.1) is 5.57 Å². The Morgan fingerprint density at radius 3 is 2.16 bits per heavy atom. The number of aliphatic carboxylic acids is 1. The van der Waals surface area contributed by atoms with Gasteiger partial charge in [0.15, 0.2) is 0 Å². The first-order valence-corrected chi connectivity index (χ1v) is 7.43. The molecule has 7 nitrogen and oxygen atoms in total. The van der Waals surface area contributed by atoms with E-state index in [1.165, 1.54) is 0 Å². The van der Waals surface area contributed by atoms with Crippen molar-refractivity contribution in [1.82, 2.24) is 4.90 Å². The number of carboxylic acid groups (broad SMARTS) is 1. The van der Waals surface area contributed by atoms with E-state index in [-0.39, 0.29) is 12.2 Å². The maximum Gasteiger partial charge on any atom is 0.332 e. The second-order valence-corrected chi connectivity index (χ2v) is 5.95. The highest BCUT2D eigenvalue weighted by atomic mass is 32.2. The fourth-order valence-corrected chi connectivity index (χ4v) is 2.27. The molecule has 0 aromatic rings. The number of carbonyl (C=O) groups is 1. The molecule has 0 rings (SSSR count). The third-order valence-electron chi connectivity index (χ3n) is 2.51. The second kappa shape index (κ2) is 8.26. The van der Waals surface area contributed by atoms with Gasteiger partial charge in [0.1, 0.15) is 5.75 Å². The van der Waals surface area contributed by atoms with Crippen molar-refractivity contribution in [3.8, 4) is 0 Å². The van der Waals surface area contributed by atoms with E-state index < -0.39 is 21.8 Å².